The Hall–Kier alpha value is -1.53. The molecule has 22 heavy (non-hydrogen) atoms. The second-order valence-corrected chi connectivity index (χ2v) is 6.21. The Labute approximate surface area is 139 Å². The number of carbonyl (C=O) groups excluding carboxylic acids is 1. The van der Waals surface area contributed by atoms with E-state index in [2.05, 4.69) is 15.5 Å². The molecule has 0 fully saturated rings. The fraction of sp³-hybridized carbons (Fsp3) is 0.400. The van der Waals surface area contributed by atoms with Crippen LogP contribution in [0.15, 0.2) is 29.4 Å². The van der Waals surface area contributed by atoms with Gasteiger partial charge in [0.25, 0.3) is 0 Å². The number of amides is 1. The van der Waals surface area contributed by atoms with Gasteiger partial charge >= 0.3 is 0 Å². The monoisotopic (exact) mass is 338 g/mol. The molecule has 0 bridgehead atoms. The maximum atomic E-state index is 11.2. The molecule has 1 aromatic carbocycles. The van der Waals surface area contributed by atoms with E-state index in [1.165, 1.54) is 0 Å². The Morgan fingerprint density at radius 1 is 1.41 bits per heavy atom. The number of hydrogen-bond acceptors (Lipinski definition) is 4. The molecule has 0 aliphatic carbocycles. The minimum absolute atomic E-state index is 0.0534. The fourth-order valence-electron chi connectivity index (χ4n) is 1.90. The number of thioether (sulfide) groups is 1. The Morgan fingerprint density at radius 3 is 2.95 bits per heavy atom. The number of nitrogens with one attached hydrogen (secondary N) is 1. The first-order chi connectivity index (χ1) is 10.6. The van der Waals surface area contributed by atoms with Crippen molar-refractivity contribution >= 4 is 29.3 Å². The molecule has 5 nitrogen and oxygen atoms in total. The lowest BCUT2D eigenvalue weighted by atomic mass is 10.2. The van der Waals surface area contributed by atoms with Crippen molar-refractivity contribution in [2.45, 2.75) is 30.7 Å². The highest BCUT2D eigenvalue weighted by Gasteiger charge is 2.09. The standard InChI is InChI=1S/C15H19ClN4OS/c1-3-14(21)17-8-7-13-18-19-15(20(13)2)22-10-11-5-4-6-12(16)9-11/h4-6,9H,3,7-8,10H2,1-2H3,(H,17,21). The van der Waals surface area contributed by atoms with Gasteiger partial charge in [-0.15, -0.1) is 10.2 Å². The topological polar surface area (TPSA) is 59.8 Å². The zero-order valence-electron chi connectivity index (χ0n) is 12.7. The van der Waals surface area contributed by atoms with Gasteiger partial charge in [-0.3, -0.25) is 4.79 Å². The predicted octanol–water partition coefficient (Wildman–Crippen LogP) is 2.83. The lowest BCUT2D eigenvalue weighted by Gasteiger charge is -2.05. The number of rotatable bonds is 7. The van der Waals surface area contributed by atoms with E-state index in [0.29, 0.717) is 19.4 Å². The van der Waals surface area contributed by atoms with E-state index in [1.807, 2.05) is 42.8 Å². The number of hydrogen-bond donors (Lipinski definition) is 1. The second-order valence-electron chi connectivity index (χ2n) is 4.83. The number of carbonyl (C=O) groups is 1. The fourth-order valence-corrected chi connectivity index (χ4v) is 2.99. The molecule has 2 rings (SSSR count). The first-order valence-electron chi connectivity index (χ1n) is 7.12. The Morgan fingerprint density at radius 2 is 2.23 bits per heavy atom. The SMILES string of the molecule is CCC(=O)NCCc1nnc(SCc2cccc(Cl)c2)n1C. The summed E-state index contributed by atoms with van der Waals surface area (Å²) in [5.41, 5.74) is 1.15. The van der Waals surface area contributed by atoms with Crippen LogP contribution in [0.2, 0.25) is 5.02 Å². The van der Waals surface area contributed by atoms with Gasteiger partial charge in [-0.25, -0.2) is 0 Å². The summed E-state index contributed by atoms with van der Waals surface area (Å²) in [6.45, 7) is 2.42. The quantitative estimate of drug-likeness (QED) is 0.789. The zero-order valence-corrected chi connectivity index (χ0v) is 14.2. The molecule has 1 heterocycles. The van der Waals surface area contributed by atoms with Crippen molar-refractivity contribution in [3.63, 3.8) is 0 Å². The molecule has 0 radical (unpaired) electrons. The van der Waals surface area contributed by atoms with E-state index in [-0.39, 0.29) is 5.91 Å². The third kappa shape index (κ3) is 4.74. The van der Waals surface area contributed by atoms with Crippen molar-refractivity contribution in [3.8, 4) is 0 Å². The summed E-state index contributed by atoms with van der Waals surface area (Å²) in [6.07, 6.45) is 1.17. The third-order valence-corrected chi connectivity index (χ3v) is 4.50. The van der Waals surface area contributed by atoms with Crippen LogP contribution < -0.4 is 5.32 Å². The van der Waals surface area contributed by atoms with E-state index < -0.39 is 0 Å². The highest BCUT2D eigenvalue weighted by Crippen LogP contribution is 2.22. The minimum Gasteiger partial charge on any atom is -0.356 e. The molecule has 1 N–H and O–H groups in total. The van der Waals surface area contributed by atoms with Crippen molar-refractivity contribution < 1.29 is 4.79 Å². The molecule has 0 aliphatic heterocycles. The summed E-state index contributed by atoms with van der Waals surface area (Å²) >= 11 is 7.60. The maximum Gasteiger partial charge on any atom is 0.219 e. The van der Waals surface area contributed by atoms with Crippen LogP contribution in [-0.2, 0) is 24.0 Å². The van der Waals surface area contributed by atoms with Crippen LogP contribution in [0.25, 0.3) is 0 Å². The molecule has 0 saturated carbocycles. The van der Waals surface area contributed by atoms with Crippen molar-refractivity contribution in [1.82, 2.24) is 20.1 Å². The number of nitrogens with zero attached hydrogens (tertiary/aromatic N) is 3. The molecule has 7 heteroatoms. The van der Waals surface area contributed by atoms with Crippen molar-refractivity contribution in [2.75, 3.05) is 6.54 Å². The lowest BCUT2D eigenvalue weighted by Crippen LogP contribution is -2.25. The van der Waals surface area contributed by atoms with Crippen LogP contribution >= 0.6 is 23.4 Å². The highest BCUT2D eigenvalue weighted by molar-refractivity contribution is 7.98. The molecule has 118 valence electrons. The van der Waals surface area contributed by atoms with Crippen molar-refractivity contribution in [1.29, 1.82) is 0 Å². The van der Waals surface area contributed by atoms with Gasteiger partial charge in [0.1, 0.15) is 5.82 Å². The van der Waals surface area contributed by atoms with Gasteiger partial charge in [0.15, 0.2) is 5.16 Å². The van der Waals surface area contributed by atoms with Crippen LogP contribution in [0.5, 0.6) is 0 Å². The summed E-state index contributed by atoms with van der Waals surface area (Å²) in [7, 11) is 1.94. The molecule has 0 atom stereocenters. The molecule has 1 aromatic heterocycles. The average molecular weight is 339 g/mol. The van der Waals surface area contributed by atoms with Crippen LogP contribution in [0, 0.1) is 0 Å². The smallest absolute Gasteiger partial charge is 0.219 e. The molecule has 2 aromatic rings. The largest absolute Gasteiger partial charge is 0.356 e. The van der Waals surface area contributed by atoms with Crippen LogP contribution in [0.4, 0.5) is 0 Å². The summed E-state index contributed by atoms with van der Waals surface area (Å²) < 4.78 is 1.97. The maximum absolute atomic E-state index is 11.2. The molecular weight excluding hydrogens is 320 g/mol. The van der Waals surface area contributed by atoms with Gasteiger partial charge in [0, 0.05) is 37.2 Å². The molecule has 0 aliphatic rings. The first-order valence-corrected chi connectivity index (χ1v) is 8.48. The summed E-state index contributed by atoms with van der Waals surface area (Å²) in [5, 5.41) is 12.8. The van der Waals surface area contributed by atoms with Gasteiger partial charge in [-0.2, -0.15) is 0 Å². The van der Waals surface area contributed by atoms with Gasteiger partial charge in [-0.05, 0) is 17.7 Å². The Balaban J connectivity index is 1.89. The van der Waals surface area contributed by atoms with Gasteiger partial charge in [0.2, 0.25) is 5.91 Å². The minimum atomic E-state index is 0.0534. The van der Waals surface area contributed by atoms with Gasteiger partial charge < -0.3 is 9.88 Å². The number of halogens is 1. The first kappa shape index (κ1) is 16.8. The predicted molar refractivity (Wildman–Crippen MR) is 89.0 cm³/mol. The van der Waals surface area contributed by atoms with Crippen molar-refractivity contribution in [2.24, 2.45) is 7.05 Å². The highest BCUT2D eigenvalue weighted by atomic mass is 35.5. The van der Waals surface area contributed by atoms with Gasteiger partial charge in [-0.1, -0.05) is 42.4 Å². The summed E-state index contributed by atoms with van der Waals surface area (Å²) in [5.74, 6) is 1.71. The molecule has 0 unspecified atom stereocenters. The van der Waals surface area contributed by atoms with E-state index in [9.17, 15) is 4.79 Å². The number of benzene rings is 1. The zero-order chi connectivity index (χ0) is 15.9. The van der Waals surface area contributed by atoms with E-state index in [4.69, 9.17) is 11.6 Å². The van der Waals surface area contributed by atoms with E-state index >= 15 is 0 Å². The number of aromatic nitrogens is 3. The molecule has 0 spiro atoms. The second kappa shape index (κ2) is 8.19. The summed E-state index contributed by atoms with van der Waals surface area (Å²) in [6, 6.07) is 7.79. The summed E-state index contributed by atoms with van der Waals surface area (Å²) in [4.78, 5) is 11.2. The van der Waals surface area contributed by atoms with Crippen LogP contribution in [0.3, 0.4) is 0 Å². The lowest BCUT2D eigenvalue weighted by molar-refractivity contribution is -0.120. The van der Waals surface area contributed by atoms with E-state index in [0.717, 1.165) is 27.3 Å². The molecular formula is C15H19ClN4OS. The van der Waals surface area contributed by atoms with Gasteiger partial charge in [0.05, 0.1) is 0 Å². The average Bonchev–Trinajstić information content (AvgIpc) is 2.86. The van der Waals surface area contributed by atoms with Crippen molar-refractivity contribution in [3.05, 3.63) is 40.7 Å². The van der Waals surface area contributed by atoms with Crippen LogP contribution in [-0.4, -0.2) is 27.2 Å². The van der Waals surface area contributed by atoms with Crippen LogP contribution in [0.1, 0.15) is 24.7 Å². The normalized spacial score (nSPS) is 10.7. The molecule has 0 saturated heterocycles. The Bertz CT molecular complexity index is 644. The third-order valence-electron chi connectivity index (χ3n) is 3.17. The molecule has 1 amide bonds. The Kier molecular flexibility index (Phi) is 6.27. The van der Waals surface area contributed by atoms with E-state index in [1.54, 1.807) is 11.8 Å².